The fourth-order valence-electron chi connectivity index (χ4n) is 1.48. The highest BCUT2D eigenvalue weighted by molar-refractivity contribution is 7.80. The monoisotopic (exact) mass is 249 g/mol. The summed E-state index contributed by atoms with van der Waals surface area (Å²) in [7, 11) is -4.55. The van der Waals surface area contributed by atoms with Crippen LogP contribution in [-0.4, -0.2) is 42.9 Å². The molecule has 0 aromatic heterocycles. The number of hydrogen-bond acceptors (Lipinski definition) is 6. The van der Waals surface area contributed by atoms with Gasteiger partial charge in [0.1, 0.15) is 6.04 Å². The minimum absolute atomic E-state index is 0.150. The smallest absolute Gasteiger partial charge is 0.328 e. The van der Waals surface area contributed by atoms with Gasteiger partial charge in [0.2, 0.25) is 6.41 Å². The van der Waals surface area contributed by atoms with E-state index in [2.05, 4.69) is 9.76 Å². The average Bonchev–Trinajstić information content (AvgIpc) is 2.25. The van der Waals surface area contributed by atoms with E-state index in [1.165, 1.54) is 4.90 Å². The van der Waals surface area contributed by atoms with Crippen molar-refractivity contribution in [2.75, 3.05) is 6.54 Å². The lowest BCUT2D eigenvalue weighted by Crippen LogP contribution is -2.49. The van der Waals surface area contributed by atoms with Gasteiger partial charge in [-0.1, -0.05) is 0 Å². The van der Waals surface area contributed by atoms with Gasteiger partial charge < -0.3 is 4.90 Å². The van der Waals surface area contributed by atoms with Crippen molar-refractivity contribution in [2.24, 2.45) is 0 Å². The summed E-state index contributed by atoms with van der Waals surface area (Å²) in [5, 5.41) is 8.70. The minimum atomic E-state index is -4.55. The number of hydroxylamine groups is 1. The van der Waals surface area contributed by atoms with E-state index in [9.17, 15) is 13.2 Å². The highest BCUT2D eigenvalue weighted by Crippen LogP contribution is 2.15. The van der Waals surface area contributed by atoms with E-state index in [-0.39, 0.29) is 6.54 Å². The van der Waals surface area contributed by atoms with Crippen LogP contribution in [-0.2, 0) is 19.5 Å². The van der Waals surface area contributed by atoms with Crippen molar-refractivity contribution >= 4 is 16.8 Å². The zero-order chi connectivity index (χ0) is 12.2. The van der Waals surface area contributed by atoms with Crippen molar-refractivity contribution < 1.29 is 22.0 Å². The molecule has 0 unspecified atom stereocenters. The molecule has 1 fully saturated rings. The number of nitriles is 1. The zero-order valence-corrected chi connectivity index (χ0v) is 9.05. The van der Waals surface area contributed by atoms with E-state index in [4.69, 9.17) is 9.81 Å². The zero-order valence-electron chi connectivity index (χ0n) is 8.24. The summed E-state index contributed by atoms with van der Waals surface area (Å²) in [5.41, 5.74) is 2.12. The van der Waals surface area contributed by atoms with Crippen molar-refractivity contribution in [1.29, 1.82) is 5.26 Å². The predicted molar refractivity (Wildman–Crippen MR) is 51.0 cm³/mol. The van der Waals surface area contributed by atoms with Crippen molar-refractivity contribution in [1.82, 2.24) is 10.4 Å². The van der Waals surface area contributed by atoms with E-state index in [1.807, 2.05) is 6.07 Å². The molecule has 90 valence electrons. The van der Waals surface area contributed by atoms with Crippen LogP contribution in [0.25, 0.3) is 0 Å². The first-order valence-corrected chi connectivity index (χ1v) is 5.85. The third-order valence-electron chi connectivity index (χ3n) is 2.22. The molecule has 0 aromatic rings. The van der Waals surface area contributed by atoms with E-state index >= 15 is 0 Å². The molecule has 0 aromatic carbocycles. The van der Waals surface area contributed by atoms with E-state index < -0.39 is 22.5 Å². The minimum Gasteiger partial charge on any atom is -0.328 e. The lowest BCUT2D eigenvalue weighted by Gasteiger charge is -2.33. The molecule has 0 bridgehead atoms. The number of likely N-dealkylation sites (tertiary alicyclic amines) is 1. The SMILES string of the molecule is N#C[C@@H]1CC[C@@H](NOS(=O)(=O)O)CN1C=O. The summed E-state index contributed by atoms with van der Waals surface area (Å²) in [4.78, 5) is 11.9. The van der Waals surface area contributed by atoms with Crippen LogP contribution in [0.1, 0.15) is 12.8 Å². The topological polar surface area (TPSA) is 120 Å². The Bertz CT molecular complexity index is 389. The molecule has 9 heteroatoms. The van der Waals surface area contributed by atoms with E-state index in [0.29, 0.717) is 19.3 Å². The maximum absolute atomic E-state index is 10.6. The Labute approximate surface area is 92.7 Å². The molecule has 8 nitrogen and oxygen atoms in total. The predicted octanol–water partition coefficient (Wildman–Crippen LogP) is -1.18. The molecule has 0 saturated carbocycles. The number of nitrogens with one attached hydrogen (secondary N) is 1. The molecule has 2 atom stereocenters. The number of piperidine rings is 1. The number of carbonyl (C=O) groups excluding carboxylic acids is 1. The van der Waals surface area contributed by atoms with Gasteiger partial charge in [0.25, 0.3) is 0 Å². The Balaban J connectivity index is 2.49. The summed E-state index contributed by atoms with van der Waals surface area (Å²) in [5.74, 6) is 0. The van der Waals surface area contributed by atoms with Gasteiger partial charge in [-0.2, -0.15) is 23.4 Å². The molecule has 0 spiro atoms. The van der Waals surface area contributed by atoms with Crippen molar-refractivity contribution in [3.63, 3.8) is 0 Å². The highest BCUT2D eigenvalue weighted by atomic mass is 32.3. The second kappa shape index (κ2) is 5.22. The fraction of sp³-hybridized carbons (Fsp3) is 0.714. The van der Waals surface area contributed by atoms with Crippen LogP contribution in [0.5, 0.6) is 0 Å². The Morgan fingerprint density at radius 2 is 2.25 bits per heavy atom. The van der Waals surface area contributed by atoms with Crippen LogP contribution in [0.4, 0.5) is 0 Å². The quantitative estimate of drug-likeness (QED) is 0.365. The van der Waals surface area contributed by atoms with E-state index in [0.717, 1.165) is 0 Å². The van der Waals surface area contributed by atoms with Gasteiger partial charge >= 0.3 is 10.4 Å². The summed E-state index contributed by atoms with van der Waals surface area (Å²) in [6.07, 6.45) is 1.41. The molecule has 1 aliphatic rings. The lowest BCUT2D eigenvalue weighted by molar-refractivity contribution is -0.121. The molecule has 0 radical (unpaired) electrons. The first kappa shape index (κ1) is 12.9. The number of carbonyl (C=O) groups is 1. The van der Waals surface area contributed by atoms with Crippen LogP contribution in [0.2, 0.25) is 0 Å². The van der Waals surface area contributed by atoms with Gasteiger partial charge in [-0.15, -0.1) is 0 Å². The third kappa shape index (κ3) is 3.74. The van der Waals surface area contributed by atoms with Crippen molar-refractivity contribution in [3.05, 3.63) is 0 Å². The third-order valence-corrected chi connectivity index (χ3v) is 2.53. The maximum Gasteiger partial charge on any atom is 0.413 e. The molecular weight excluding hydrogens is 238 g/mol. The van der Waals surface area contributed by atoms with Gasteiger partial charge in [0.05, 0.1) is 12.1 Å². The molecule has 1 saturated heterocycles. The summed E-state index contributed by atoms with van der Waals surface area (Å²) >= 11 is 0. The number of nitrogens with zero attached hydrogens (tertiary/aromatic N) is 2. The van der Waals surface area contributed by atoms with Crippen LogP contribution in [0.3, 0.4) is 0 Å². The second-order valence-electron chi connectivity index (χ2n) is 3.35. The Morgan fingerprint density at radius 1 is 1.56 bits per heavy atom. The summed E-state index contributed by atoms with van der Waals surface area (Å²) in [6.45, 7) is 0.150. The average molecular weight is 249 g/mol. The molecule has 1 aliphatic heterocycles. The van der Waals surface area contributed by atoms with Crippen molar-refractivity contribution in [3.8, 4) is 6.07 Å². The first-order chi connectivity index (χ1) is 7.46. The summed E-state index contributed by atoms with van der Waals surface area (Å²) < 4.78 is 32.9. The van der Waals surface area contributed by atoms with Gasteiger partial charge in [-0.3, -0.25) is 9.35 Å². The highest BCUT2D eigenvalue weighted by Gasteiger charge is 2.27. The Kier molecular flexibility index (Phi) is 4.19. The van der Waals surface area contributed by atoms with Crippen LogP contribution >= 0.6 is 0 Å². The fourth-order valence-corrected chi connectivity index (χ4v) is 1.74. The molecular formula is C7H11N3O5S. The van der Waals surface area contributed by atoms with Crippen LogP contribution in [0.15, 0.2) is 0 Å². The largest absolute Gasteiger partial charge is 0.413 e. The standard InChI is InChI=1S/C7H11N3O5S/c8-3-7-2-1-6(4-10(7)5-11)9-15-16(12,13)14/h5-7,9H,1-2,4H2,(H,12,13,14)/t6-,7+/m1/s1. The Hall–Kier alpha value is -1.21. The molecule has 1 amide bonds. The van der Waals surface area contributed by atoms with Crippen molar-refractivity contribution in [2.45, 2.75) is 24.9 Å². The molecule has 16 heavy (non-hydrogen) atoms. The normalized spacial score (nSPS) is 26.1. The molecule has 0 aliphatic carbocycles. The molecule has 2 N–H and O–H groups in total. The lowest BCUT2D eigenvalue weighted by atomic mass is 10.0. The maximum atomic E-state index is 10.6. The van der Waals surface area contributed by atoms with E-state index in [1.54, 1.807) is 0 Å². The number of amides is 1. The molecule has 1 rings (SSSR count). The van der Waals surface area contributed by atoms with Crippen LogP contribution in [0, 0.1) is 11.3 Å². The van der Waals surface area contributed by atoms with Gasteiger partial charge in [0, 0.05) is 6.54 Å². The Morgan fingerprint density at radius 3 is 2.75 bits per heavy atom. The van der Waals surface area contributed by atoms with Crippen LogP contribution < -0.4 is 5.48 Å². The second-order valence-corrected chi connectivity index (χ2v) is 4.37. The van der Waals surface area contributed by atoms with Gasteiger partial charge in [0.15, 0.2) is 0 Å². The number of rotatable bonds is 4. The van der Waals surface area contributed by atoms with Gasteiger partial charge in [-0.25, -0.2) is 0 Å². The first-order valence-electron chi connectivity index (χ1n) is 4.48. The summed E-state index contributed by atoms with van der Waals surface area (Å²) in [6, 6.07) is 1.02. The van der Waals surface area contributed by atoms with Gasteiger partial charge in [-0.05, 0) is 12.8 Å². The molecule has 1 heterocycles. The number of hydrogen-bond donors (Lipinski definition) is 2.